The molecule has 2 atom stereocenters. The van der Waals surface area contributed by atoms with E-state index in [2.05, 4.69) is 21.9 Å². The molecule has 2 saturated heterocycles. The van der Waals surface area contributed by atoms with Crippen LogP contribution in [0.5, 0.6) is 11.5 Å². The lowest BCUT2D eigenvalue weighted by Crippen LogP contribution is -2.64. The molecule has 2 aromatic carbocycles. The SMILES string of the molecule is N#Cc1ccc(OCC(O)CN2CC3CN(CC(O)COc4ccc(C#N)cc4)CC(C2)C32CCCC2)cc1. The normalized spacial score (nSPS) is 24.0. The summed E-state index contributed by atoms with van der Waals surface area (Å²) in [4.78, 5) is 4.82. The standard InChI is InChI=1S/C31H38N4O4/c32-13-23-3-7-29(8-4-23)38-21-27(36)19-34-15-25-17-35(18-26(16-34)31(25)11-1-2-12-31)20-28(37)22-39-30-9-5-24(14-33)6-10-30/h3-10,25-28,36-37H,1-2,11-12,15-22H2. The Morgan fingerprint density at radius 1 is 0.718 bits per heavy atom. The minimum atomic E-state index is -0.587. The molecule has 2 unspecified atom stereocenters. The fourth-order valence-electron chi connectivity index (χ4n) is 7.06. The van der Waals surface area contributed by atoms with Gasteiger partial charge >= 0.3 is 0 Å². The van der Waals surface area contributed by atoms with Crippen LogP contribution in [0.3, 0.4) is 0 Å². The molecule has 3 aliphatic rings. The number of β-amino-alcohol motifs (C(OH)–C–C–N with tert-alkyl or cyclic N) is 2. The van der Waals surface area contributed by atoms with E-state index < -0.39 is 12.2 Å². The molecule has 2 heterocycles. The molecular weight excluding hydrogens is 492 g/mol. The molecule has 0 radical (unpaired) electrons. The number of benzene rings is 2. The van der Waals surface area contributed by atoms with Gasteiger partial charge in [-0.1, -0.05) is 12.8 Å². The smallest absolute Gasteiger partial charge is 0.119 e. The zero-order chi connectivity index (χ0) is 27.2. The van der Waals surface area contributed by atoms with Crippen LogP contribution in [0, 0.1) is 39.9 Å². The second kappa shape index (κ2) is 12.4. The number of rotatable bonds is 10. The van der Waals surface area contributed by atoms with Gasteiger partial charge < -0.3 is 19.7 Å². The van der Waals surface area contributed by atoms with Crippen molar-refractivity contribution in [3.05, 3.63) is 59.7 Å². The number of ether oxygens (including phenoxy) is 2. The molecular formula is C31H38N4O4. The van der Waals surface area contributed by atoms with Crippen LogP contribution in [0.1, 0.15) is 36.8 Å². The Balaban J connectivity index is 1.12. The highest BCUT2D eigenvalue weighted by atomic mass is 16.5. The number of piperidine rings is 2. The molecule has 2 bridgehead atoms. The maximum Gasteiger partial charge on any atom is 0.119 e. The molecule has 3 fully saturated rings. The number of likely N-dealkylation sites (tertiary alicyclic amines) is 2. The molecule has 0 amide bonds. The van der Waals surface area contributed by atoms with Crippen LogP contribution in [-0.2, 0) is 0 Å². The minimum Gasteiger partial charge on any atom is -0.491 e. The van der Waals surface area contributed by atoms with Crippen molar-refractivity contribution in [1.29, 1.82) is 10.5 Å². The number of hydrogen-bond acceptors (Lipinski definition) is 8. The summed E-state index contributed by atoms with van der Waals surface area (Å²) in [5.41, 5.74) is 1.56. The van der Waals surface area contributed by atoms with E-state index in [1.54, 1.807) is 48.5 Å². The van der Waals surface area contributed by atoms with E-state index in [1.165, 1.54) is 25.7 Å². The predicted octanol–water partition coefficient (Wildman–Crippen LogP) is 3.03. The summed E-state index contributed by atoms with van der Waals surface area (Å²) >= 11 is 0. The Morgan fingerprint density at radius 3 is 1.46 bits per heavy atom. The second-order valence-corrected chi connectivity index (χ2v) is 11.5. The Hall–Kier alpha value is -3.14. The number of nitriles is 2. The van der Waals surface area contributed by atoms with Gasteiger partial charge in [0.1, 0.15) is 36.9 Å². The van der Waals surface area contributed by atoms with E-state index in [-0.39, 0.29) is 13.2 Å². The van der Waals surface area contributed by atoms with Crippen LogP contribution in [-0.4, -0.2) is 84.7 Å². The monoisotopic (exact) mass is 530 g/mol. The molecule has 2 N–H and O–H groups in total. The van der Waals surface area contributed by atoms with E-state index in [0.717, 1.165) is 26.2 Å². The van der Waals surface area contributed by atoms with E-state index in [0.29, 0.717) is 53.0 Å². The molecule has 1 saturated carbocycles. The van der Waals surface area contributed by atoms with E-state index in [4.69, 9.17) is 20.0 Å². The van der Waals surface area contributed by atoms with Crippen LogP contribution < -0.4 is 9.47 Å². The second-order valence-electron chi connectivity index (χ2n) is 11.5. The Labute approximate surface area is 231 Å². The van der Waals surface area contributed by atoms with Crippen molar-refractivity contribution >= 4 is 0 Å². The third kappa shape index (κ3) is 6.54. The van der Waals surface area contributed by atoms with Crippen LogP contribution >= 0.6 is 0 Å². The molecule has 2 aliphatic heterocycles. The van der Waals surface area contributed by atoms with Crippen molar-refractivity contribution in [2.75, 3.05) is 52.5 Å². The lowest BCUT2D eigenvalue weighted by atomic mass is 9.60. The summed E-state index contributed by atoms with van der Waals surface area (Å²) in [5.74, 6) is 2.35. The fourth-order valence-corrected chi connectivity index (χ4v) is 7.06. The van der Waals surface area contributed by atoms with Gasteiger partial charge in [-0.2, -0.15) is 10.5 Å². The predicted molar refractivity (Wildman–Crippen MR) is 146 cm³/mol. The van der Waals surface area contributed by atoms with E-state index in [9.17, 15) is 10.2 Å². The minimum absolute atomic E-state index is 0.223. The van der Waals surface area contributed by atoms with E-state index >= 15 is 0 Å². The van der Waals surface area contributed by atoms with Crippen LogP contribution in [0.4, 0.5) is 0 Å². The summed E-state index contributed by atoms with van der Waals surface area (Å²) in [6.45, 7) is 5.44. The average molecular weight is 531 g/mol. The molecule has 8 heteroatoms. The number of aliphatic hydroxyl groups is 2. The van der Waals surface area contributed by atoms with Gasteiger partial charge in [-0.25, -0.2) is 0 Å². The fraction of sp³-hybridized carbons (Fsp3) is 0.548. The van der Waals surface area contributed by atoms with Gasteiger partial charge in [0.2, 0.25) is 0 Å². The first kappa shape index (κ1) is 27.4. The largest absolute Gasteiger partial charge is 0.491 e. The van der Waals surface area contributed by atoms with Gasteiger partial charge in [0.15, 0.2) is 0 Å². The molecule has 1 aliphatic carbocycles. The topological polar surface area (TPSA) is 113 Å². The first-order chi connectivity index (χ1) is 19.0. The third-order valence-electron chi connectivity index (χ3n) is 8.86. The summed E-state index contributed by atoms with van der Waals surface area (Å²) in [6.07, 6.45) is 4.01. The molecule has 2 aromatic rings. The number of aliphatic hydroxyl groups excluding tert-OH is 2. The molecule has 1 spiro atoms. The van der Waals surface area contributed by atoms with E-state index in [1.807, 2.05) is 0 Å². The Morgan fingerprint density at radius 2 is 1.10 bits per heavy atom. The molecule has 8 nitrogen and oxygen atoms in total. The maximum absolute atomic E-state index is 10.7. The van der Waals surface area contributed by atoms with Crippen molar-refractivity contribution in [2.24, 2.45) is 17.3 Å². The molecule has 5 rings (SSSR count). The summed E-state index contributed by atoms with van der Waals surface area (Å²) < 4.78 is 11.6. The van der Waals surface area contributed by atoms with Gasteiger partial charge in [-0.3, -0.25) is 9.80 Å². The summed E-state index contributed by atoms with van der Waals surface area (Å²) in [6, 6.07) is 18.1. The molecule has 0 aromatic heterocycles. The van der Waals surface area contributed by atoms with Gasteiger partial charge in [-0.15, -0.1) is 0 Å². The Kier molecular flexibility index (Phi) is 8.69. The highest BCUT2D eigenvalue weighted by molar-refractivity contribution is 5.35. The van der Waals surface area contributed by atoms with Crippen molar-refractivity contribution in [3.8, 4) is 23.6 Å². The van der Waals surface area contributed by atoms with Gasteiger partial charge in [0.05, 0.1) is 23.3 Å². The van der Waals surface area contributed by atoms with Crippen molar-refractivity contribution < 1.29 is 19.7 Å². The van der Waals surface area contributed by atoms with Crippen molar-refractivity contribution in [1.82, 2.24) is 9.80 Å². The number of nitrogens with zero attached hydrogens (tertiary/aromatic N) is 4. The molecule has 206 valence electrons. The highest BCUT2D eigenvalue weighted by Gasteiger charge is 2.54. The first-order valence-electron chi connectivity index (χ1n) is 14.0. The lowest BCUT2D eigenvalue weighted by molar-refractivity contribution is -0.104. The average Bonchev–Trinajstić information content (AvgIpc) is 3.42. The first-order valence-corrected chi connectivity index (χ1v) is 14.0. The quantitative estimate of drug-likeness (QED) is 0.482. The lowest BCUT2D eigenvalue weighted by Gasteiger charge is -2.58. The van der Waals surface area contributed by atoms with Gasteiger partial charge in [-0.05, 0) is 78.6 Å². The van der Waals surface area contributed by atoms with Crippen LogP contribution in [0.15, 0.2) is 48.5 Å². The van der Waals surface area contributed by atoms with Gasteiger partial charge in [0, 0.05) is 39.3 Å². The molecule has 39 heavy (non-hydrogen) atoms. The van der Waals surface area contributed by atoms with Crippen molar-refractivity contribution in [2.45, 2.75) is 37.9 Å². The van der Waals surface area contributed by atoms with Crippen LogP contribution in [0.2, 0.25) is 0 Å². The third-order valence-corrected chi connectivity index (χ3v) is 8.86. The van der Waals surface area contributed by atoms with Gasteiger partial charge in [0.25, 0.3) is 0 Å². The Bertz CT molecular complexity index is 1070. The van der Waals surface area contributed by atoms with Crippen molar-refractivity contribution in [3.63, 3.8) is 0 Å². The maximum atomic E-state index is 10.7. The zero-order valence-corrected chi connectivity index (χ0v) is 22.4. The van der Waals surface area contributed by atoms with Crippen LogP contribution in [0.25, 0.3) is 0 Å². The summed E-state index contributed by atoms with van der Waals surface area (Å²) in [7, 11) is 0. The summed E-state index contributed by atoms with van der Waals surface area (Å²) in [5, 5.41) is 39.4. The number of hydrogen-bond donors (Lipinski definition) is 2. The zero-order valence-electron chi connectivity index (χ0n) is 22.4. The highest BCUT2D eigenvalue weighted by Crippen LogP contribution is 2.55.